The highest BCUT2D eigenvalue weighted by atomic mass is 127. The first-order chi connectivity index (χ1) is 2.41. The lowest BCUT2D eigenvalue weighted by Crippen LogP contribution is -1.69. The molecule has 0 amide bonds. The summed E-state index contributed by atoms with van der Waals surface area (Å²) < 4.78 is 2.79. The molecule has 0 aromatic rings. The van der Waals surface area contributed by atoms with Gasteiger partial charge in [-0.05, 0) is 17.4 Å². The normalized spacial score (nSPS) is 7.40. The maximum absolute atomic E-state index is 3.45. The second-order valence-corrected chi connectivity index (χ2v) is 2.41. The van der Waals surface area contributed by atoms with Crippen molar-refractivity contribution in [1.82, 2.24) is 2.94 Å². The molecular weight excluding hydrogens is 197 g/mol. The molecule has 0 fully saturated rings. The molecule has 0 unspecified atom stereocenters. The minimum atomic E-state index is 1.46. The molecule has 0 saturated heterocycles. The van der Waals surface area contributed by atoms with Crippen LogP contribution < -0.4 is 2.94 Å². The highest BCUT2D eigenvalue weighted by Gasteiger charge is 1.59. The highest BCUT2D eigenvalue weighted by molar-refractivity contribution is 14.1. The Kier molecular flexibility index (Phi) is 5.53. The SMILES string of the molecule is C=CSNI. The maximum atomic E-state index is 3.45. The number of hydrogen-bond donors (Lipinski definition) is 1. The van der Waals surface area contributed by atoms with E-state index in [1.807, 2.05) is 22.9 Å². The fourth-order valence-electron chi connectivity index (χ4n) is 0.0315. The van der Waals surface area contributed by atoms with E-state index in [9.17, 15) is 0 Å². The van der Waals surface area contributed by atoms with Crippen molar-refractivity contribution in [2.75, 3.05) is 0 Å². The van der Waals surface area contributed by atoms with Crippen molar-refractivity contribution in [1.29, 1.82) is 0 Å². The van der Waals surface area contributed by atoms with Gasteiger partial charge in [-0.15, -0.1) is 0 Å². The van der Waals surface area contributed by atoms with Crippen LogP contribution in [0.3, 0.4) is 0 Å². The van der Waals surface area contributed by atoms with Crippen LogP contribution in [-0.2, 0) is 0 Å². The van der Waals surface area contributed by atoms with Crippen LogP contribution in [-0.4, -0.2) is 0 Å². The second-order valence-electron chi connectivity index (χ2n) is 0.362. The summed E-state index contributed by atoms with van der Waals surface area (Å²) in [4.78, 5) is 0. The number of nitrogens with one attached hydrogen (secondary N) is 1. The molecule has 0 heterocycles. The third-order valence-electron chi connectivity index (χ3n) is 0.128. The Morgan fingerprint density at radius 3 is 2.60 bits per heavy atom. The van der Waals surface area contributed by atoms with E-state index < -0.39 is 0 Å². The second kappa shape index (κ2) is 4.78. The largest absolute Gasteiger partial charge is 0.201 e. The molecule has 0 saturated carbocycles. The molecule has 0 aliphatic carbocycles. The van der Waals surface area contributed by atoms with Gasteiger partial charge < -0.3 is 0 Å². The minimum Gasteiger partial charge on any atom is -0.201 e. The molecule has 30 valence electrons. The van der Waals surface area contributed by atoms with Crippen molar-refractivity contribution in [3.63, 3.8) is 0 Å². The Morgan fingerprint density at radius 1 is 2.00 bits per heavy atom. The summed E-state index contributed by atoms with van der Waals surface area (Å²) in [6, 6.07) is 0. The number of hydrogen-bond acceptors (Lipinski definition) is 2. The zero-order valence-corrected chi connectivity index (χ0v) is 5.54. The van der Waals surface area contributed by atoms with Gasteiger partial charge in [-0.2, -0.15) is 0 Å². The molecule has 0 bridgehead atoms. The molecule has 0 aromatic heterocycles. The quantitative estimate of drug-likeness (QED) is 0.414. The van der Waals surface area contributed by atoms with Crippen LogP contribution in [0.2, 0.25) is 0 Å². The van der Waals surface area contributed by atoms with Gasteiger partial charge in [0.25, 0.3) is 0 Å². The van der Waals surface area contributed by atoms with Gasteiger partial charge in [0.1, 0.15) is 0 Å². The zero-order chi connectivity index (χ0) is 4.12. The lowest BCUT2D eigenvalue weighted by atomic mass is 11.3. The Hall–Kier alpha value is 0.780. The molecule has 0 atom stereocenters. The summed E-state index contributed by atoms with van der Waals surface area (Å²) in [5.74, 6) is 0. The van der Waals surface area contributed by atoms with E-state index >= 15 is 0 Å². The first-order valence-corrected chi connectivity index (χ1v) is 3.00. The van der Waals surface area contributed by atoms with Crippen LogP contribution in [0.25, 0.3) is 0 Å². The van der Waals surface area contributed by atoms with Crippen molar-refractivity contribution in [3.05, 3.63) is 12.0 Å². The summed E-state index contributed by atoms with van der Waals surface area (Å²) in [5.41, 5.74) is 0. The molecule has 0 aromatic carbocycles. The van der Waals surface area contributed by atoms with E-state index in [-0.39, 0.29) is 0 Å². The van der Waals surface area contributed by atoms with Crippen molar-refractivity contribution in [2.45, 2.75) is 0 Å². The molecule has 3 heteroatoms. The summed E-state index contributed by atoms with van der Waals surface area (Å²) in [7, 11) is 0. The molecule has 0 spiro atoms. The Balaban J connectivity index is 2.40. The van der Waals surface area contributed by atoms with E-state index in [4.69, 9.17) is 0 Å². The van der Waals surface area contributed by atoms with Crippen LogP contribution in [0.4, 0.5) is 0 Å². The lowest BCUT2D eigenvalue weighted by molar-refractivity contribution is 1.89. The van der Waals surface area contributed by atoms with Crippen molar-refractivity contribution < 1.29 is 0 Å². The predicted octanol–water partition coefficient (Wildman–Crippen LogP) is 1.72. The molecule has 0 radical (unpaired) electrons. The number of rotatable bonds is 2. The van der Waals surface area contributed by atoms with Crippen LogP contribution in [0.15, 0.2) is 12.0 Å². The molecule has 0 rings (SSSR count). The first kappa shape index (κ1) is 5.78. The molecule has 0 aliphatic heterocycles. The topological polar surface area (TPSA) is 12.0 Å². The predicted molar refractivity (Wildman–Crippen MR) is 34.9 cm³/mol. The Bertz CT molecular complexity index is 30.8. The first-order valence-electron chi connectivity index (χ1n) is 1.04. The minimum absolute atomic E-state index is 1.46. The van der Waals surface area contributed by atoms with E-state index in [0.29, 0.717) is 0 Å². The molecule has 0 aliphatic rings. The van der Waals surface area contributed by atoms with Gasteiger partial charge >= 0.3 is 0 Å². The molecule has 1 N–H and O–H groups in total. The van der Waals surface area contributed by atoms with Crippen LogP contribution in [0, 0.1) is 0 Å². The third-order valence-corrected chi connectivity index (χ3v) is 1.15. The van der Waals surface area contributed by atoms with Crippen molar-refractivity contribution >= 4 is 34.8 Å². The average molecular weight is 201 g/mol. The van der Waals surface area contributed by atoms with Gasteiger partial charge in [0, 0.05) is 22.9 Å². The van der Waals surface area contributed by atoms with Gasteiger partial charge in [0.05, 0.1) is 0 Å². The van der Waals surface area contributed by atoms with Crippen molar-refractivity contribution in [3.8, 4) is 0 Å². The summed E-state index contributed by atoms with van der Waals surface area (Å²) in [6.45, 7) is 3.45. The van der Waals surface area contributed by atoms with Gasteiger partial charge in [0.2, 0.25) is 0 Å². The van der Waals surface area contributed by atoms with Gasteiger partial charge in [0.15, 0.2) is 0 Å². The highest BCUT2D eigenvalue weighted by Crippen LogP contribution is 1.92. The third kappa shape index (κ3) is 4.78. The maximum Gasteiger partial charge on any atom is 0.0289 e. The standard InChI is InChI=1S/C2H4INS/c1-2-5-4-3/h2,4H,1H2. The number of halogens is 1. The average Bonchev–Trinajstić information content (AvgIpc) is 1.41. The van der Waals surface area contributed by atoms with Crippen LogP contribution >= 0.6 is 34.8 Å². The van der Waals surface area contributed by atoms with Gasteiger partial charge in [-0.25, -0.2) is 2.94 Å². The van der Waals surface area contributed by atoms with E-state index in [0.717, 1.165) is 0 Å². The molecule has 5 heavy (non-hydrogen) atoms. The summed E-state index contributed by atoms with van der Waals surface area (Å²) >= 11 is 3.49. The van der Waals surface area contributed by atoms with E-state index in [2.05, 4.69) is 9.51 Å². The van der Waals surface area contributed by atoms with Crippen LogP contribution in [0.5, 0.6) is 0 Å². The Labute approximate surface area is 49.8 Å². The Morgan fingerprint density at radius 2 is 2.60 bits per heavy atom. The fraction of sp³-hybridized carbons (Fsp3) is 0. The molecule has 1 nitrogen and oxygen atoms in total. The van der Waals surface area contributed by atoms with Crippen molar-refractivity contribution in [2.24, 2.45) is 0 Å². The van der Waals surface area contributed by atoms with Gasteiger partial charge in [-0.3, -0.25) is 0 Å². The summed E-state index contributed by atoms with van der Waals surface area (Å²) in [5, 5.41) is 1.73. The molecular formula is C2H4INS. The van der Waals surface area contributed by atoms with E-state index in [1.54, 1.807) is 5.41 Å². The van der Waals surface area contributed by atoms with E-state index in [1.165, 1.54) is 11.9 Å². The monoisotopic (exact) mass is 201 g/mol. The summed E-state index contributed by atoms with van der Waals surface area (Å²) in [6.07, 6.45) is 0. The van der Waals surface area contributed by atoms with Crippen LogP contribution in [0.1, 0.15) is 0 Å². The lowest BCUT2D eigenvalue weighted by Gasteiger charge is -1.75. The smallest absolute Gasteiger partial charge is 0.0289 e. The van der Waals surface area contributed by atoms with Gasteiger partial charge in [-0.1, -0.05) is 6.58 Å². The zero-order valence-electron chi connectivity index (χ0n) is 2.57. The fourth-order valence-corrected chi connectivity index (χ4v) is 0.634.